The van der Waals surface area contributed by atoms with Gasteiger partial charge in [0.1, 0.15) is 11.5 Å². The Hall–Kier alpha value is -1.68. The van der Waals surface area contributed by atoms with Crippen molar-refractivity contribution in [3.05, 3.63) is 52.5 Å². The average Bonchev–Trinajstić information content (AvgIpc) is 2.45. The van der Waals surface area contributed by atoms with Crippen LogP contribution in [0.2, 0.25) is 0 Å². The highest BCUT2D eigenvalue weighted by Crippen LogP contribution is 2.27. The lowest BCUT2D eigenvalue weighted by atomic mass is 10.2. The van der Waals surface area contributed by atoms with E-state index in [0.29, 0.717) is 0 Å². The van der Waals surface area contributed by atoms with E-state index >= 15 is 0 Å². The minimum absolute atomic E-state index is 0.725. The molecule has 0 fully saturated rings. The highest BCUT2D eigenvalue weighted by Gasteiger charge is 2.03. The summed E-state index contributed by atoms with van der Waals surface area (Å²) >= 11 is 3.48. The minimum Gasteiger partial charge on any atom is -0.496 e. The number of para-hydroxylation sites is 2. The molecule has 0 heterocycles. The van der Waals surface area contributed by atoms with Gasteiger partial charge in [-0.15, -0.1) is 0 Å². The van der Waals surface area contributed by atoms with Gasteiger partial charge >= 0.3 is 0 Å². The quantitative estimate of drug-likeness (QED) is 0.900. The first-order valence-corrected chi connectivity index (χ1v) is 6.73. The van der Waals surface area contributed by atoms with Gasteiger partial charge in [-0.1, -0.05) is 18.2 Å². The number of benzene rings is 2. The molecular formula is C15H16BrNO2. The van der Waals surface area contributed by atoms with Gasteiger partial charge in [-0.2, -0.15) is 0 Å². The molecule has 0 atom stereocenters. The van der Waals surface area contributed by atoms with Crippen LogP contribution in [0.15, 0.2) is 46.9 Å². The van der Waals surface area contributed by atoms with E-state index in [-0.39, 0.29) is 0 Å². The molecule has 2 aromatic rings. The Bertz CT molecular complexity index is 558. The van der Waals surface area contributed by atoms with Crippen LogP contribution >= 0.6 is 15.9 Å². The van der Waals surface area contributed by atoms with Gasteiger partial charge in [0.05, 0.1) is 24.4 Å². The van der Waals surface area contributed by atoms with Gasteiger partial charge in [-0.3, -0.25) is 0 Å². The predicted octanol–water partition coefficient (Wildman–Crippen LogP) is 4.08. The minimum atomic E-state index is 0.725. The van der Waals surface area contributed by atoms with E-state index in [0.717, 1.165) is 28.2 Å². The second kappa shape index (κ2) is 6.48. The van der Waals surface area contributed by atoms with Crippen LogP contribution in [-0.4, -0.2) is 14.2 Å². The summed E-state index contributed by atoms with van der Waals surface area (Å²) in [7, 11) is 3.33. The van der Waals surface area contributed by atoms with E-state index in [9.17, 15) is 0 Å². The van der Waals surface area contributed by atoms with E-state index in [1.54, 1.807) is 14.2 Å². The standard InChI is InChI=1S/C15H16BrNO2/c1-18-14-8-7-11(9-12(14)16)10-17-13-5-3-4-6-15(13)19-2/h3-9,17H,10H2,1-2H3. The monoisotopic (exact) mass is 321 g/mol. The number of hydrogen-bond donors (Lipinski definition) is 1. The first-order chi connectivity index (χ1) is 9.24. The fraction of sp³-hybridized carbons (Fsp3) is 0.200. The van der Waals surface area contributed by atoms with Crippen LogP contribution in [-0.2, 0) is 6.54 Å². The molecule has 0 aliphatic carbocycles. The first-order valence-electron chi connectivity index (χ1n) is 5.94. The molecule has 2 aromatic carbocycles. The molecule has 0 unspecified atom stereocenters. The Morgan fingerprint density at radius 2 is 1.74 bits per heavy atom. The topological polar surface area (TPSA) is 30.5 Å². The Morgan fingerprint density at radius 3 is 2.42 bits per heavy atom. The largest absolute Gasteiger partial charge is 0.496 e. The second-order valence-electron chi connectivity index (χ2n) is 4.02. The summed E-state index contributed by atoms with van der Waals surface area (Å²) in [6.07, 6.45) is 0. The van der Waals surface area contributed by atoms with Crippen LogP contribution in [0.1, 0.15) is 5.56 Å². The smallest absolute Gasteiger partial charge is 0.141 e. The van der Waals surface area contributed by atoms with E-state index in [4.69, 9.17) is 9.47 Å². The van der Waals surface area contributed by atoms with Crippen LogP contribution in [0.25, 0.3) is 0 Å². The molecular weight excluding hydrogens is 306 g/mol. The third-order valence-corrected chi connectivity index (χ3v) is 3.43. The molecule has 0 radical (unpaired) electrons. The molecule has 0 aliphatic rings. The van der Waals surface area contributed by atoms with Crippen molar-refractivity contribution in [2.24, 2.45) is 0 Å². The molecule has 1 N–H and O–H groups in total. The van der Waals surface area contributed by atoms with Crippen molar-refractivity contribution < 1.29 is 9.47 Å². The zero-order chi connectivity index (χ0) is 13.7. The van der Waals surface area contributed by atoms with Gasteiger partial charge in [-0.25, -0.2) is 0 Å². The zero-order valence-corrected chi connectivity index (χ0v) is 12.5. The van der Waals surface area contributed by atoms with Gasteiger partial charge in [0, 0.05) is 6.54 Å². The van der Waals surface area contributed by atoms with Crippen LogP contribution in [0.4, 0.5) is 5.69 Å². The van der Waals surface area contributed by atoms with Gasteiger partial charge in [0.15, 0.2) is 0 Å². The molecule has 0 bridgehead atoms. The number of ether oxygens (including phenoxy) is 2. The van der Waals surface area contributed by atoms with Crippen molar-refractivity contribution in [3.63, 3.8) is 0 Å². The van der Waals surface area contributed by atoms with Gasteiger partial charge < -0.3 is 14.8 Å². The first kappa shape index (κ1) is 13.7. The SMILES string of the molecule is COc1ccc(CNc2ccccc2OC)cc1Br. The number of nitrogens with one attached hydrogen (secondary N) is 1. The van der Waals surface area contributed by atoms with Gasteiger partial charge in [0.2, 0.25) is 0 Å². The van der Waals surface area contributed by atoms with Gasteiger partial charge in [-0.05, 0) is 45.8 Å². The maximum Gasteiger partial charge on any atom is 0.141 e. The molecule has 0 amide bonds. The highest BCUT2D eigenvalue weighted by atomic mass is 79.9. The zero-order valence-electron chi connectivity index (χ0n) is 10.9. The van der Waals surface area contributed by atoms with E-state index in [2.05, 4.69) is 21.2 Å². The molecule has 100 valence electrons. The number of halogens is 1. The summed E-state index contributed by atoms with van der Waals surface area (Å²) in [6, 6.07) is 13.9. The lowest BCUT2D eigenvalue weighted by Crippen LogP contribution is -2.01. The molecule has 0 spiro atoms. The number of hydrogen-bond acceptors (Lipinski definition) is 3. The molecule has 2 rings (SSSR count). The third kappa shape index (κ3) is 3.41. The maximum atomic E-state index is 5.30. The van der Waals surface area contributed by atoms with E-state index in [1.807, 2.05) is 42.5 Å². The Kier molecular flexibility index (Phi) is 4.68. The summed E-state index contributed by atoms with van der Waals surface area (Å²) < 4.78 is 11.5. The number of methoxy groups -OCH3 is 2. The Balaban J connectivity index is 2.08. The molecule has 0 saturated heterocycles. The van der Waals surface area contributed by atoms with Crippen LogP contribution in [0, 0.1) is 0 Å². The van der Waals surface area contributed by atoms with Crippen LogP contribution in [0.3, 0.4) is 0 Å². The summed E-state index contributed by atoms with van der Waals surface area (Å²) in [5.74, 6) is 1.68. The fourth-order valence-corrected chi connectivity index (χ4v) is 2.40. The molecule has 4 heteroatoms. The maximum absolute atomic E-state index is 5.30. The van der Waals surface area contributed by atoms with Gasteiger partial charge in [0.25, 0.3) is 0 Å². The second-order valence-corrected chi connectivity index (χ2v) is 4.88. The molecule has 0 aliphatic heterocycles. The Labute approximate surface area is 121 Å². The molecule has 19 heavy (non-hydrogen) atoms. The number of anilines is 1. The van der Waals surface area contributed by atoms with Crippen molar-refractivity contribution >= 4 is 21.6 Å². The van der Waals surface area contributed by atoms with Crippen LogP contribution < -0.4 is 14.8 Å². The van der Waals surface area contributed by atoms with Crippen molar-refractivity contribution in [2.75, 3.05) is 19.5 Å². The summed E-state index contributed by atoms with van der Waals surface area (Å²) in [4.78, 5) is 0. The number of rotatable bonds is 5. The summed E-state index contributed by atoms with van der Waals surface area (Å²) in [5, 5.41) is 3.36. The fourth-order valence-electron chi connectivity index (χ4n) is 1.81. The van der Waals surface area contributed by atoms with Crippen molar-refractivity contribution in [1.82, 2.24) is 0 Å². The van der Waals surface area contributed by atoms with Crippen molar-refractivity contribution in [2.45, 2.75) is 6.54 Å². The highest BCUT2D eigenvalue weighted by molar-refractivity contribution is 9.10. The molecule has 0 aromatic heterocycles. The average molecular weight is 322 g/mol. The lowest BCUT2D eigenvalue weighted by molar-refractivity contribution is 0.412. The lowest BCUT2D eigenvalue weighted by Gasteiger charge is -2.11. The van der Waals surface area contributed by atoms with Crippen molar-refractivity contribution in [3.8, 4) is 11.5 Å². The third-order valence-electron chi connectivity index (χ3n) is 2.81. The summed E-state index contributed by atoms with van der Waals surface area (Å²) in [5.41, 5.74) is 2.15. The Morgan fingerprint density at radius 1 is 1.00 bits per heavy atom. The summed E-state index contributed by atoms with van der Waals surface area (Å²) in [6.45, 7) is 0.725. The van der Waals surface area contributed by atoms with Crippen molar-refractivity contribution in [1.29, 1.82) is 0 Å². The predicted molar refractivity (Wildman–Crippen MR) is 81.0 cm³/mol. The van der Waals surface area contributed by atoms with Crippen LogP contribution in [0.5, 0.6) is 11.5 Å². The van der Waals surface area contributed by atoms with E-state index in [1.165, 1.54) is 5.56 Å². The molecule has 0 saturated carbocycles. The van der Waals surface area contributed by atoms with E-state index < -0.39 is 0 Å². The molecule has 3 nitrogen and oxygen atoms in total. The normalized spacial score (nSPS) is 10.1.